The lowest BCUT2D eigenvalue weighted by atomic mass is 10.1. The molecule has 32 heavy (non-hydrogen) atoms. The van der Waals surface area contributed by atoms with Crippen LogP contribution in [0.5, 0.6) is 11.5 Å². The van der Waals surface area contributed by atoms with Crippen LogP contribution in [0.2, 0.25) is 0 Å². The van der Waals surface area contributed by atoms with Gasteiger partial charge in [0.15, 0.2) is 17.2 Å². The van der Waals surface area contributed by atoms with Gasteiger partial charge in [0.25, 0.3) is 0 Å². The molecule has 1 atom stereocenters. The molecule has 1 unspecified atom stereocenters. The normalized spacial score (nSPS) is 15.6. The Labute approximate surface area is 201 Å². The number of fused-ring (bicyclic) bond motifs is 1. The predicted molar refractivity (Wildman–Crippen MR) is 135 cm³/mol. The highest BCUT2D eigenvalue weighted by atomic mass is 127. The molecule has 0 aliphatic carbocycles. The monoisotopic (exact) mass is 541 g/mol. The van der Waals surface area contributed by atoms with Crippen molar-refractivity contribution in [2.24, 2.45) is 4.99 Å². The van der Waals surface area contributed by atoms with Gasteiger partial charge in [-0.3, -0.25) is 0 Å². The second kappa shape index (κ2) is 9.73. The largest absolute Gasteiger partial charge is 0.490 e. The quantitative estimate of drug-likeness (QED) is 0.198. The first kappa shape index (κ1) is 22.3. The summed E-state index contributed by atoms with van der Waals surface area (Å²) in [6, 6.07) is 17.7. The highest BCUT2D eigenvalue weighted by Gasteiger charge is 2.25. The number of ether oxygens (including phenoxy) is 3. The van der Waals surface area contributed by atoms with Gasteiger partial charge in [0.05, 0.1) is 16.3 Å². The van der Waals surface area contributed by atoms with E-state index in [1.165, 1.54) is 0 Å². The van der Waals surface area contributed by atoms with Crippen molar-refractivity contribution in [2.45, 2.75) is 33.3 Å². The van der Waals surface area contributed by atoms with Crippen LogP contribution in [0, 0.1) is 3.57 Å². The Morgan fingerprint density at radius 1 is 1.09 bits per heavy atom. The Morgan fingerprint density at radius 2 is 1.88 bits per heavy atom. The lowest BCUT2D eigenvalue weighted by Gasteiger charge is -2.18. The Bertz CT molecular complexity index is 1230. The van der Waals surface area contributed by atoms with Gasteiger partial charge in [0.2, 0.25) is 5.90 Å². The van der Waals surface area contributed by atoms with Gasteiger partial charge in [-0.25, -0.2) is 9.79 Å². The number of hydrogen-bond acceptors (Lipinski definition) is 5. The van der Waals surface area contributed by atoms with E-state index in [0.29, 0.717) is 18.3 Å². The molecule has 1 aliphatic heterocycles. The third kappa shape index (κ3) is 4.80. The molecule has 0 saturated carbocycles. The fraction of sp³-hybridized carbons (Fsp3) is 0.231. The molecule has 0 aromatic heterocycles. The number of cyclic esters (lactones) is 1. The Morgan fingerprint density at radius 3 is 2.62 bits per heavy atom. The average molecular weight is 541 g/mol. The number of aliphatic imine (C=N–C) groups is 1. The molecule has 164 valence electrons. The van der Waals surface area contributed by atoms with Crippen molar-refractivity contribution in [1.29, 1.82) is 0 Å². The van der Waals surface area contributed by atoms with E-state index in [0.717, 1.165) is 37.6 Å². The van der Waals surface area contributed by atoms with Crippen LogP contribution >= 0.6 is 22.6 Å². The molecule has 0 fully saturated rings. The molecule has 6 heteroatoms. The summed E-state index contributed by atoms with van der Waals surface area (Å²) >= 11 is 2.23. The Kier molecular flexibility index (Phi) is 6.79. The summed E-state index contributed by atoms with van der Waals surface area (Å²) in [6.45, 7) is 6.55. The standard InChI is InChI=1S/C26H24INO4/c1-4-16(3)31-24-21(27)12-17(14-23(24)30-5-2)13-22-26(29)32-25(28-22)20-11-10-18-8-6-7-9-19(18)15-20/h6-16H,4-5H2,1-3H3/b22-13-. The SMILES string of the molecule is CCOc1cc(/C=C2\N=C(c3ccc4ccccc4c3)OC2=O)cc(I)c1OC(C)CC. The highest BCUT2D eigenvalue weighted by Crippen LogP contribution is 2.36. The fourth-order valence-corrected chi connectivity index (χ4v) is 4.10. The van der Waals surface area contributed by atoms with E-state index in [1.807, 2.05) is 68.4 Å². The van der Waals surface area contributed by atoms with Crippen LogP contribution in [0.1, 0.15) is 38.3 Å². The molecular formula is C26H24INO4. The molecule has 4 rings (SSSR count). The molecular weight excluding hydrogens is 517 g/mol. The number of halogens is 1. The molecule has 0 amide bonds. The van der Waals surface area contributed by atoms with E-state index in [4.69, 9.17) is 14.2 Å². The van der Waals surface area contributed by atoms with Crippen molar-refractivity contribution in [3.05, 3.63) is 75.0 Å². The van der Waals surface area contributed by atoms with Crippen molar-refractivity contribution in [1.82, 2.24) is 0 Å². The topological polar surface area (TPSA) is 57.1 Å². The molecule has 0 bridgehead atoms. The Hall–Kier alpha value is -2.87. The number of benzene rings is 3. The van der Waals surface area contributed by atoms with Gasteiger partial charge in [-0.2, -0.15) is 0 Å². The van der Waals surface area contributed by atoms with Crippen LogP contribution in [0.15, 0.2) is 65.3 Å². The number of rotatable bonds is 7. The molecule has 0 spiro atoms. The predicted octanol–water partition coefficient (Wildman–Crippen LogP) is 6.36. The summed E-state index contributed by atoms with van der Waals surface area (Å²) in [5.41, 5.74) is 1.81. The Balaban J connectivity index is 1.67. The molecule has 1 heterocycles. The smallest absolute Gasteiger partial charge is 0.363 e. The van der Waals surface area contributed by atoms with E-state index >= 15 is 0 Å². The molecule has 0 saturated heterocycles. The van der Waals surface area contributed by atoms with Crippen molar-refractivity contribution >= 4 is 51.3 Å². The second-order valence-corrected chi connectivity index (χ2v) is 8.66. The summed E-state index contributed by atoms with van der Waals surface area (Å²) in [5.74, 6) is 1.21. The second-order valence-electron chi connectivity index (χ2n) is 7.50. The number of nitrogens with zero attached hydrogens (tertiary/aromatic N) is 1. The van der Waals surface area contributed by atoms with Gasteiger partial charge in [-0.05, 0) is 89.5 Å². The van der Waals surface area contributed by atoms with Gasteiger partial charge in [0.1, 0.15) is 0 Å². The maximum Gasteiger partial charge on any atom is 0.363 e. The average Bonchev–Trinajstić information content (AvgIpc) is 3.16. The first-order chi connectivity index (χ1) is 15.5. The summed E-state index contributed by atoms with van der Waals surface area (Å²) in [5, 5.41) is 2.18. The lowest BCUT2D eigenvalue weighted by Crippen LogP contribution is -2.12. The van der Waals surface area contributed by atoms with Gasteiger partial charge in [0, 0.05) is 5.56 Å². The van der Waals surface area contributed by atoms with Crippen molar-refractivity contribution < 1.29 is 19.0 Å². The van der Waals surface area contributed by atoms with E-state index < -0.39 is 5.97 Å². The molecule has 3 aromatic rings. The van der Waals surface area contributed by atoms with Crippen LogP contribution in [0.3, 0.4) is 0 Å². The van der Waals surface area contributed by atoms with E-state index in [-0.39, 0.29) is 11.8 Å². The van der Waals surface area contributed by atoms with Crippen LogP contribution in [-0.4, -0.2) is 24.6 Å². The molecule has 5 nitrogen and oxygen atoms in total. The van der Waals surface area contributed by atoms with E-state index in [2.05, 4.69) is 34.5 Å². The van der Waals surface area contributed by atoms with Crippen molar-refractivity contribution in [3.8, 4) is 11.5 Å². The first-order valence-corrected chi connectivity index (χ1v) is 11.7. The number of carbonyl (C=O) groups excluding carboxylic acids is 1. The minimum atomic E-state index is -0.471. The maximum atomic E-state index is 12.5. The minimum absolute atomic E-state index is 0.0749. The summed E-state index contributed by atoms with van der Waals surface area (Å²) in [7, 11) is 0. The highest BCUT2D eigenvalue weighted by molar-refractivity contribution is 14.1. The lowest BCUT2D eigenvalue weighted by molar-refractivity contribution is -0.129. The summed E-state index contributed by atoms with van der Waals surface area (Å²) in [6.07, 6.45) is 2.69. The maximum absolute atomic E-state index is 12.5. The number of esters is 1. The van der Waals surface area contributed by atoms with Crippen LogP contribution in [-0.2, 0) is 9.53 Å². The fourth-order valence-electron chi connectivity index (χ4n) is 3.35. The van der Waals surface area contributed by atoms with Crippen molar-refractivity contribution in [2.75, 3.05) is 6.61 Å². The number of hydrogen-bond donors (Lipinski definition) is 0. The van der Waals surface area contributed by atoms with Gasteiger partial charge in [-0.15, -0.1) is 0 Å². The number of carbonyl (C=O) groups is 1. The zero-order chi connectivity index (χ0) is 22.7. The van der Waals surface area contributed by atoms with Crippen LogP contribution < -0.4 is 9.47 Å². The first-order valence-electron chi connectivity index (χ1n) is 10.6. The van der Waals surface area contributed by atoms with Crippen LogP contribution in [0.25, 0.3) is 16.8 Å². The summed E-state index contributed by atoms with van der Waals surface area (Å²) in [4.78, 5) is 17.0. The molecule has 1 aliphatic rings. The minimum Gasteiger partial charge on any atom is -0.490 e. The molecule has 3 aromatic carbocycles. The van der Waals surface area contributed by atoms with Gasteiger partial charge >= 0.3 is 5.97 Å². The van der Waals surface area contributed by atoms with E-state index in [9.17, 15) is 4.79 Å². The zero-order valence-electron chi connectivity index (χ0n) is 18.2. The molecule has 0 radical (unpaired) electrons. The molecule has 0 N–H and O–H groups in total. The van der Waals surface area contributed by atoms with Gasteiger partial charge in [-0.1, -0.05) is 37.3 Å². The third-order valence-electron chi connectivity index (χ3n) is 5.15. The van der Waals surface area contributed by atoms with Crippen molar-refractivity contribution in [3.63, 3.8) is 0 Å². The summed E-state index contributed by atoms with van der Waals surface area (Å²) < 4.78 is 18.3. The third-order valence-corrected chi connectivity index (χ3v) is 5.95. The van der Waals surface area contributed by atoms with Gasteiger partial charge < -0.3 is 14.2 Å². The van der Waals surface area contributed by atoms with E-state index in [1.54, 1.807) is 6.08 Å². The van der Waals surface area contributed by atoms with Crippen LogP contribution in [0.4, 0.5) is 0 Å². The zero-order valence-corrected chi connectivity index (χ0v) is 20.4.